The summed E-state index contributed by atoms with van der Waals surface area (Å²) in [6, 6.07) is 0.288. The fraction of sp³-hybridized carbons (Fsp3) is 0.867. The smallest absolute Gasteiger partial charge is 0.276 e. The third-order valence-corrected chi connectivity index (χ3v) is 5.48. The lowest BCUT2D eigenvalue weighted by Crippen LogP contribution is -2.48. The van der Waals surface area contributed by atoms with Crippen LogP contribution >= 0.6 is 11.8 Å². The zero-order chi connectivity index (χ0) is 14.4. The minimum absolute atomic E-state index is 0.0414. The topological polar surface area (TPSA) is 53.5 Å². The van der Waals surface area contributed by atoms with Crippen molar-refractivity contribution in [1.82, 2.24) is 10.6 Å². The molecule has 114 valence electrons. The predicted octanol–water partition coefficient (Wildman–Crippen LogP) is 2.34. The number of amides is 1. The van der Waals surface area contributed by atoms with Gasteiger partial charge in [0.05, 0.1) is 6.04 Å². The molecule has 1 atom stereocenters. The zero-order valence-corrected chi connectivity index (χ0v) is 13.5. The lowest BCUT2D eigenvalue weighted by Gasteiger charge is -2.30. The van der Waals surface area contributed by atoms with Gasteiger partial charge in [-0.05, 0) is 52.6 Å². The summed E-state index contributed by atoms with van der Waals surface area (Å²) in [6.45, 7) is 3.13. The SMILES string of the molecule is CNCCCCC1(NC(=O)C2=NC(C)CS2)CCCC1. The highest BCUT2D eigenvalue weighted by Gasteiger charge is 2.36. The highest BCUT2D eigenvalue weighted by Crippen LogP contribution is 2.34. The van der Waals surface area contributed by atoms with Crippen LogP contribution in [0.5, 0.6) is 0 Å². The van der Waals surface area contributed by atoms with Crippen LogP contribution in [0, 0.1) is 0 Å². The van der Waals surface area contributed by atoms with Gasteiger partial charge < -0.3 is 10.6 Å². The van der Waals surface area contributed by atoms with E-state index in [-0.39, 0.29) is 17.5 Å². The van der Waals surface area contributed by atoms with E-state index in [1.807, 2.05) is 7.05 Å². The Balaban J connectivity index is 1.88. The van der Waals surface area contributed by atoms with Gasteiger partial charge in [-0.3, -0.25) is 9.79 Å². The van der Waals surface area contributed by atoms with Crippen molar-refractivity contribution in [3.63, 3.8) is 0 Å². The van der Waals surface area contributed by atoms with Crippen molar-refractivity contribution in [3.8, 4) is 0 Å². The molecule has 2 aliphatic rings. The van der Waals surface area contributed by atoms with Crippen LogP contribution in [0.25, 0.3) is 0 Å². The number of nitrogens with zero attached hydrogens (tertiary/aromatic N) is 1. The highest BCUT2D eigenvalue weighted by atomic mass is 32.2. The molecule has 0 aromatic heterocycles. The third-order valence-electron chi connectivity index (χ3n) is 4.26. The fourth-order valence-electron chi connectivity index (χ4n) is 3.15. The Morgan fingerprint density at radius 3 is 2.75 bits per heavy atom. The van der Waals surface area contributed by atoms with Crippen LogP contribution in [0.3, 0.4) is 0 Å². The van der Waals surface area contributed by atoms with Crippen LogP contribution in [-0.4, -0.2) is 41.9 Å². The van der Waals surface area contributed by atoms with Crippen molar-refractivity contribution in [2.24, 2.45) is 4.99 Å². The Hall–Kier alpha value is -0.550. The highest BCUT2D eigenvalue weighted by molar-refractivity contribution is 8.16. The average molecular weight is 297 g/mol. The normalized spacial score (nSPS) is 24.7. The second-order valence-electron chi connectivity index (χ2n) is 6.10. The van der Waals surface area contributed by atoms with Gasteiger partial charge in [-0.1, -0.05) is 24.6 Å². The van der Waals surface area contributed by atoms with E-state index in [1.54, 1.807) is 11.8 Å². The second-order valence-corrected chi connectivity index (χ2v) is 7.11. The molecule has 0 aromatic carbocycles. The van der Waals surface area contributed by atoms with Crippen molar-refractivity contribution >= 4 is 22.7 Å². The molecule has 2 N–H and O–H groups in total. The number of thioether (sulfide) groups is 1. The van der Waals surface area contributed by atoms with E-state index in [0.29, 0.717) is 5.04 Å². The molecule has 1 aliphatic carbocycles. The molecule has 20 heavy (non-hydrogen) atoms. The lowest BCUT2D eigenvalue weighted by atomic mass is 9.90. The van der Waals surface area contributed by atoms with Gasteiger partial charge in [0, 0.05) is 11.3 Å². The maximum absolute atomic E-state index is 12.4. The van der Waals surface area contributed by atoms with Crippen molar-refractivity contribution in [3.05, 3.63) is 0 Å². The standard InChI is InChI=1S/C15H27N3OS/c1-12-11-20-14(17-12)13(19)18-15(7-3-4-8-15)9-5-6-10-16-2/h12,16H,3-11H2,1-2H3,(H,18,19). The lowest BCUT2D eigenvalue weighted by molar-refractivity contribution is -0.116. The molecule has 0 radical (unpaired) electrons. The molecule has 0 aromatic rings. The molecule has 1 unspecified atom stereocenters. The van der Waals surface area contributed by atoms with Crippen LogP contribution in [-0.2, 0) is 4.79 Å². The summed E-state index contributed by atoms with van der Waals surface area (Å²) in [5.41, 5.74) is 0.0414. The van der Waals surface area contributed by atoms with Gasteiger partial charge in [-0.25, -0.2) is 0 Å². The van der Waals surface area contributed by atoms with Crippen LogP contribution in [0.15, 0.2) is 4.99 Å². The monoisotopic (exact) mass is 297 g/mol. The summed E-state index contributed by atoms with van der Waals surface area (Å²) in [7, 11) is 1.99. The first-order valence-electron chi connectivity index (χ1n) is 7.83. The number of rotatable bonds is 7. The summed E-state index contributed by atoms with van der Waals surface area (Å²) in [4.78, 5) is 16.8. The Morgan fingerprint density at radius 2 is 2.15 bits per heavy atom. The first-order chi connectivity index (χ1) is 9.65. The van der Waals surface area contributed by atoms with Gasteiger partial charge in [-0.2, -0.15) is 0 Å². The second kappa shape index (κ2) is 7.46. The minimum Gasteiger partial charge on any atom is -0.345 e. The van der Waals surface area contributed by atoms with Gasteiger partial charge in [-0.15, -0.1) is 0 Å². The number of carbonyl (C=O) groups excluding carboxylic acids is 1. The fourth-order valence-corrected chi connectivity index (χ4v) is 4.06. The molecular formula is C15H27N3OS. The molecule has 1 heterocycles. The van der Waals surface area contributed by atoms with Crippen molar-refractivity contribution in [1.29, 1.82) is 0 Å². The molecule has 4 nitrogen and oxygen atoms in total. The molecule has 1 amide bonds. The molecule has 0 saturated heterocycles. The van der Waals surface area contributed by atoms with Gasteiger partial charge >= 0.3 is 0 Å². The third kappa shape index (κ3) is 4.22. The van der Waals surface area contributed by atoms with E-state index in [9.17, 15) is 4.79 Å². The first-order valence-corrected chi connectivity index (χ1v) is 8.81. The summed E-state index contributed by atoms with van der Waals surface area (Å²) in [6.07, 6.45) is 8.20. The molecule has 5 heteroatoms. The van der Waals surface area contributed by atoms with E-state index in [2.05, 4.69) is 22.5 Å². The molecule has 1 fully saturated rings. The molecule has 1 saturated carbocycles. The van der Waals surface area contributed by atoms with Crippen LogP contribution in [0.1, 0.15) is 51.9 Å². The van der Waals surface area contributed by atoms with Crippen LogP contribution in [0.4, 0.5) is 0 Å². The number of hydrogen-bond acceptors (Lipinski definition) is 4. The van der Waals surface area contributed by atoms with Crippen LogP contribution in [0.2, 0.25) is 0 Å². The Kier molecular flexibility index (Phi) is 5.90. The largest absolute Gasteiger partial charge is 0.345 e. The number of hydrogen-bond donors (Lipinski definition) is 2. The summed E-state index contributed by atoms with van der Waals surface area (Å²) in [5.74, 6) is 1.01. The Labute approximate surface area is 126 Å². The van der Waals surface area contributed by atoms with E-state index in [1.165, 1.54) is 25.7 Å². The van der Waals surface area contributed by atoms with Gasteiger partial charge in [0.1, 0.15) is 0 Å². The van der Waals surface area contributed by atoms with E-state index >= 15 is 0 Å². The van der Waals surface area contributed by atoms with Gasteiger partial charge in [0.25, 0.3) is 5.91 Å². The predicted molar refractivity (Wildman–Crippen MR) is 86.5 cm³/mol. The first kappa shape index (κ1) is 15.8. The summed E-state index contributed by atoms with van der Waals surface area (Å²) in [5, 5.41) is 7.20. The quantitative estimate of drug-likeness (QED) is 0.709. The molecular weight excluding hydrogens is 270 g/mol. The van der Waals surface area contributed by atoms with Crippen molar-refractivity contribution in [2.45, 2.75) is 63.5 Å². The zero-order valence-electron chi connectivity index (χ0n) is 12.7. The van der Waals surface area contributed by atoms with Gasteiger partial charge in [0.15, 0.2) is 5.04 Å². The van der Waals surface area contributed by atoms with Gasteiger partial charge in [0.2, 0.25) is 0 Å². The molecule has 2 rings (SSSR count). The minimum atomic E-state index is 0.0414. The number of aliphatic imine (C=N–C) groups is 1. The van der Waals surface area contributed by atoms with E-state index in [0.717, 1.165) is 31.6 Å². The average Bonchev–Trinajstić information content (AvgIpc) is 3.05. The van der Waals surface area contributed by atoms with E-state index in [4.69, 9.17) is 0 Å². The van der Waals surface area contributed by atoms with Crippen molar-refractivity contribution < 1.29 is 4.79 Å². The molecule has 0 spiro atoms. The van der Waals surface area contributed by atoms with Crippen molar-refractivity contribution in [2.75, 3.05) is 19.3 Å². The van der Waals surface area contributed by atoms with E-state index < -0.39 is 0 Å². The molecule has 0 bridgehead atoms. The maximum atomic E-state index is 12.4. The maximum Gasteiger partial charge on any atom is 0.276 e. The number of unbranched alkanes of at least 4 members (excludes halogenated alkanes) is 1. The number of carbonyl (C=O) groups is 1. The Morgan fingerprint density at radius 1 is 1.40 bits per heavy atom. The Bertz CT molecular complexity index is 364. The number of nitrogens with one attached hydrogen (secondary N) is 2. The van der Waals surface area contributed by atoms with Crippen LogP contribution < -0.4 is 10.6 Å². The summed E-state index contributed by atoms with van der Waals surface area (Å²) >= 11 is 1.60. The summed E-state index contributed by atoms with van der Waals surface area (Å²) < 4.78 is 0. The molecule has 1 aliphatic heterocycles.